The average molecular weight is 405 g/mol. The molecule has 1 N–H and O–H groups in total. The zero-order valence-corrected chi connectivity index (χ0v) is 16.4. The minimum Gasteiger partial charge on any atom is -0.458 e. The van der Waals surface area contributed by atoms with Crippen molar-refractivity contribution in [3.8, 4) is 0 Å². The number of esters is 1. The summed E-state index contributed by atoms with van der Waals surface area (Å²) in [5.74, 6) is -1.50. The zero-order valence-electron chi connectivity index (χ0n) is 16.4. The van der Waals surface area contributed by atoms with E-state index in [-0.39, 0.29) is 19.8 Å². The summed E-state index contributed by atoms with van der Waals surface area (Å²) in [6, 6.07) is 27.8. The van der Waals surface area contributed by atoms with Gasteiger partial charge in [0.2, 0.25) is 6.10 Å². The Labute approximate surface area is 175 Å². The first-order chi connectivity index (χ1) is 14.7. The fourth-order valence-corrected chi connectivity index (χ4v) is 2.63. The van der Waals surface area contributed by atoms with Crippen molar-refractivity contribution >= 4 is 11.9 Å². The zero-order chi connectivity index (χ0) is 21.0. The maximum atomic E-state index is 12.5. The molecule has 0 fully saturated rings. The van der Waals surface area contributed by atoms with Crippen molar-refractivity contribution < 1.29 is 23.9 Å². The van der Waals surface area contributed by atoms with Gasteiger partial charge in [-0.05, 0) is 16.7 Å². The van der Waals surface area contributed by atoms with E-state index in [1.807, 2.05) is 91.0 Å². The van der Waals surface area contributed by atoms with E-state index in [9.17, 15) is 9.59 Å². The van der Waals surface area contributed by atoms with Crippen molar-refractivity contribution in [2.45, 2.75) is 25.9 Å². The highest BCUT2D eigenvalue weighted by Gasteiger charge is 2.30. The van der Waals surface area contributed by atoms with E-state index in [0.717, 1.165) is 16.7 Å². The number of carbonyl (C=O) groups is 2. The second-order valence-electron chi connectivity index (χ2n) is 6.51. The summed E-state index contributed by atoms with van der Waals surface area (Å²) in [5.41, 5.74) is 4.81. The van der Waals surface area contributed by atoms with Crippen molar-refractivity contribution in [2.24, 2.45) is 0 Å². The predicted octanol–water partition coefficient (Wildman–Crippen LogP) is 3.56. The number of ether oxygens (including phenoxy) is 2. The monoisotopic (exact) mass is 405 g/mol. The lowest BCUT2D eigenvalue weighted by Crippen LogP contribution is -2.42. The molecule has 0 aliphatic carbocycles. The number of carbonyl (C=O) groups excluding carboxylic acids is 2. The number of benzene rings is 3. The predicted molar refractivity (Wildman–Crippen MR) is 111 cm³/mol. The van der Waals surface area contributed by atoms with Crippen molar-refractivity contribution in [1.82, 2.24) is 5.48 Å². The topological polar surface area (TPSA) is 73.9 Å². The van der Waals surface area contributed by atoms with Crippen LogP contribution in [0.3, 0.4) is 0 Å². The molecule has 3 aromatic carbocycles. The number of hydrogen-bond donors (Lipinski definition) is 1. The fourth-order valence-electron chi connectivity index (χ4n) is 2.63. The van der Waals surface area contributed by atoms with Crippen LogP contribution < -0.4 is 5.48 Å². The number of nitrogens with one attached hydrogen (secondary N) is 1. The van der Waals surface area contributed by atoms with Gasteiger partial charge in [-0.25, -0.2) is 10.3 Å². The van der Waals surface area contributed by atoms with Crippen LogP contribution in [-0.2, 0) is 43.7 Å². The highest BCUT2D eigenvalue weighted by molar-refractivity contribution is 6.00. The quantitative estimate of drug-likeness (QED) is 0.317. The van der Waals surface area contributed by atoms with Gasteiger partial charge in [0.15, 0.2) is 0 Å². The molecule has 0 radical (unpaired) electrons. The molecule has 3 aromatic rings. The molecule has 0 aliphatic rings. The third-order valence-electron chi connectivity index (χ3n) is 4.19. The first-order valence-electron chi connectivity index (χ1n) is 9.54. The molecule has 1 atom stereocenters. The molecule has 0 heterocycles. The molecule has 0 bridgehead atoms. The summed E-state index contributed by atoms with van der Waals surface area (Å²) >= 11 is 0. The van der Waals surface area contributed by atoms with E-state index in [0.29, 0.717) is 0 Å². The Hall–Kier alpha value is -3.48. The standard InChI is InChI=1S/C24H23NO5/c26-23(25-30-18-21-14-8-3-9-15-21)22(28-16-19-10-4-1-5-11-19)24(27)29-17-20-12-6-2-7-13-20/h1-15,22H,16-18H2,(H,25,26). The molecule has 30 heavy (non-hydrogen) atoms. The van der Waals surface area contributed by atoms with Gasteiger partial charge in [0.1, 0.15) is 6.61 Å². The maximum absolute atomic E-state index is 12.5. The molecule has 0 aromatic heterocycles. The van der Waals surface area contributed by atoms with Gasteiger partial charge >= 0.3 is 5.97 Å². The normalized spacial score (nSPS) is 11.5. The first-order valence-corrected chi connectivity index (χ1v) is 9.54. The molecule has 6 heteroatoms. The summed E-state index contributed by atoms with van der Waals surface area (Å²) in [5, 5.41) is 0. The lowest BCUT2D eigenvalue weighted by Gasteiger charge is -2.17. The fraction of sp³-hybridized carbons (Fsp3) is 0.167. The lowest BCUT2D eigenvalue weighted by molar-refractivity contribution is -0.169. The Kier molecular flexibility index (Phi) is 8.14. The molecule has 154 valence electrons. The molecule has 6 nitrogen and oxygen atoms in total. The highest BCUT2D eigenvalue weighted by atomic mass is 16.7. The van der Waals surface area contributed by atoms with Gasteiger partial charge in [-0.15, -0.1) is 0 Å². The highest BCUT2D eigenvalue weighted by Crippen LogP contribution is 2.08. The first kappa shape index (κ1) is 21.2. The van der Waals surface area contributed by atoms with E-state index in [4.69, 9.17) is 14.3 Å². The van der Waals surface area contributed by atoms with Gasteiger partial charge < -0.3 is 9.47 Å². The molecule has 3 rings (SSSR count). The minimum atomic E-state index is -1.45. The SMILES string of the molecule is O=C(NOCc1ccccc1)C(OCc1ccccc1)C(=O)OCc1ccccc1. The van der Waals surface area contributed by atoms with Crippen molar-refractivity contribution in [3.63, 3.8) is 0 Å². The lowest BCUT2D eigenvalue weighted by atomic mass is 10.2. The van der Waals surface area contributed by atoms with Crippen LogP contribution in [0.1, 0.15) is 16.7 Å². The Balaban J connectivity index is 1.58. The third-order valence-corrected chi connectivity index (χ3v) is 4.19. The third kappa shape index (κ3) is 6.84. The molecule has 1 unspecified atom stereocenters. The molecule has 0 saturated heterocycles. The smallest absolute Gasteiger partial charge is 0.345 e. The van der Waals surface area contributed by atoms with Gasteiger partial charge in [-0.1, -0.05) is 91.0 Å². The summed E-state index contributed by atoms with van der Waals surface area (Å²) in [7, 11) is 0. The molecule has 0 saturated carbocycles. The Morgan fingerprint density at radius 1 is 0.667 bits per heavy atom. The van der Waals surface area contributed by atoms with Crippen LogP contribution in [0.15, 0.2) is 91.0 Å². The van der Waals surface area contributed by atoms with Gasteiger partial charge in [0.05, 0.1) is 13.2 Å². The van der Waals surface area contributed by atoms with Crippen LogP contribution in [-0.4, -0.2) is 18.0 Å². The van der Waals surface area contributed by atoms with Crippen LogP contribution in [0.2, 0.25) is 0 Å². The van der Waals surface area contributed by atoms with Gasteiger partial charge in [-0.3, -0.25) is 9.63 Å². The molecular formula is C24H23NO5. The number of hydrogen-bond acceptors (Lipinski definition) is 5. The summed E-state index contributed by atoms with van der Waals surface area (Å²) < 4.78 is 10.9. The molecule has 0 spiro atoms. The van der Waals surface area contributed by atoms with E-state index in [1.165, 1.54) is 0 Å². The van der Waals surface area contributed by atoms with Crippen LogP contribution in [0, 0.1) is 0 Å². The molecule has 0 aliphatic heterocycles. The second-order valence-corrected chi connectivity index (χ2v) is 6.51. The van der Waals surface area contributed by atoms with E-state index in [1.54, 1.807) is 0 Å². The second kappa shape index (κ2) is 11.5. The van der Waals surface area contributed by atoms with Crippen LogP contribution in [0.25, 0.3) is 0 Å². The largest absolute Gasteiger partial charge is 0.458 e. The molecular weight excluding hydrogens is 382 g/mol. The summed E-state index contributed by atoms with van der Waals surface area (Å²) in [4.78, 5) is 30.3. The van der Waals surface area contributed by atoms with Gasteiger partial charge in [0.25, 0.3) is 5.91 Å². The number of amides is 1. The summed E-state index contributed by atoms with van der Waals surface area (Å²) in [6.45, 7) is 0.290. The Bertz CT molecular complexity index is 916. The van der Waals surface area contributed by atoms with Crippen molar-refractivity contribution in [2.75, 3.05) is 0 Å². The van der Waals surface area contributed by atoms with Gasteiger partial charge in [-0.2, -0.15) is 0 Å². The van der Waals surface area contributed by atoms with Crippen molar-refractivity contribution in [3.05, 3.63) is 108 Å². The van der Waals surface area contributed by atoms with Crippen LogP contribution in [0.5, 0.6) is 0 Å². The van der Waals surface area contributed by atoms with E-state index >= 15 is 0 Å². The van der Waals surface area contributed by atoms with E-state index in [2.05, 4.69) is 5.48 Å². The molecule has 1 amide bonds. The average Bonchev–Trinajstić information content (AvgIpc) is 2.80. The number of hydroxylamine groups is 1. The van der Waals surface area contributed by atoms with Crippen LogP contribution in [0.4, 0.5) is 0 Å². The summed E-state index contributed by atoms with van der Waals surface area (Å²) in [6.07, 6.45) is -1.45. The number of rotatable bonds is 10. The van der Waals surface area contributed by atoms with Crippen LogP contribution >= 0.6 is 0 Å². The van der Waals surface area contributed by atoms with Gasteiger partial charge in [0, 0.05) is 0 Å². The van der Waals surface area contributed by atoms with Crippen molar-refractivity contribution in [1.29, 1.82) is 0 Å². The Morgan fingerprint density at radius 3 is 1.67 bits per heavy atom. The van der Waals surface area contributed by atoms with E-state index < -0.39 is 18.0 Å². The minimum absolute atomic E-state index is 0.0447. The Morgan fingerprint density at radius 2 is 1.13 bits per heavy atom. The maximum Gasteiger partial charge on any atom is 0.345 e.